The molecule has 0 aliphatic rings. The molecule has 0 heterocycles. The van der Waals surface area contributed by atoms with E-state index in [2.05, 4.69) is 146 Å². The van der Waals surface area contributed by atoms with E-state index in [4.69, 9.17) is 0 Å². The molecule has 2 atom stereocenters. The second-order valence-corrected chi connectivity index (χ2v) is 15.5. The standard InChI is InChI=1S/C34H46P/c1-27(2)25-28(3)23-24-34(6,7)26-29(4)30(5)35(31-17-11-8-12-18-31,32-19-13-9-14-20-32)33-21-15-10-16-22-33/h8-23,27,29-30H,24-26H2,1-7H3/q+1/b28-23+. The highest BCUT2D eigenvalue weighted by molar-refractivity contribution is 7.96. The fourth-order valence-electron chi connectivity index (χ4n) is 5.83. The van der Waals surface area contributed by atoms with Crippen LogP contribution in [0.5, 0.6) is 0 Å². The van der Waals surface area contributed by atoms with Gasteiger partial charge in [-0.05, 0) is 86.8 Å². The first kappa shape index (κ1) is 27.4. The molecule has 0 aromatic heterocycles. The summed E-state index contributed by atoms with van der Waals surface area (Å²) in [5.74, 6) is 1.30. The summed E-state index contributed by atoms with van der Waals surface area (Å²) in [6.45, 7) is 16.9. The first-order chi connectivity index (χ1) is 16.7. The zero-order valence-electron chi connectivity index (χ0n) is 23.0. The van der Waals surface area contributed by atoms with Crippen LogP contribution in [0.15, 0.2) is 103 Å². The number of rotatable bonds is 11. The van der Waals surface area contributed by atoms with Gasteiger partial charge in [-0.15, -0.1) is 0 Å². The molecule has 0 N–H and O–H groups in total. The number of allylic oxidation sites excluding steroid dienone is 2. The third kappa shape index (κ3) is 6.74. The maximum Gasteiger partial charge on any atom is 0.115 e. The Bertz CT molecular complexity index is 951. The van der Waals surface area contributed by atoms with E-state index < -0.39 is 7.26 Å². The first-order valence-corrected chi connectivity index (χ1v) is 15.2. The van der Waals surface area contributed by atoms with Gasteiger partial charge in [-0.3, -0.25) is 0 Å². The molecule has 35 heavy (non-hydrogen) atoms. The maximum atomic E-state index is 2.53. The highest BCUT2D eigenvalue weighted by Crippen LogP contribution is 2.62. The van der Waals surface area contributed by atoms with Gasteiger partial charge in [0.25, 0.3) is 0 Å². The van der Waals surface area contributed by atoms with E-state index in [0.717, 1.165) is 12.3 Å². The molecular formula is C34H46P+. The average Bonchev–Trinajstić information content (AvgIpc) is 2.85. The summed E-state index contributed by atoms with van der Waals surface area (Å²) < 4.78 is 0. The topological polar surface area (TPSA) is 0 Å². The quantitative estimate of drug-likeness (QED) is 0.188. The summed E-state index contributed by atoms with van der Waals surface area (Å²) in [4.78, 5) is 0. The van der Waals surface area contributed by atoms with Crippen LogP contribution in [0.1, 0.15) is 67.7 Å². The van der Waals surface area contributed by atoms with Gasteiger partial charge in [0.2, 0.25) is 0 Å². The summed E-state index contributed by atoms with van der Waals surface area (Å²) in [7, 11) is -1.86. The van der Waals surface area contributed by atoms with Crippen molar-refractivity contribution in [1.82, 2.24) is 0 Å². The van der Waals surface area contributed by atoms with Crippen molar-refractivity contribution < 1.29 is 0 Å². The molecule has 3 aromatic carbocycles. The Balaban J connectivity index is 2.04. The maximum absolute atomic E-state index is 2.53. The second-order valence-electron chi connectivity index (χ2n) is 11.7. The minimum Gasteiger partial charge on any atom is -0.0851 e. The summed E-state index contributed by atoms with van der Waals surface area (Å²) in [6.07, 6.45) is 6.07. The predicted octanol–water partition coefficient (Wildman–Crippen LogP) is 8.80. The van der Waals surface area contributed by atoms with Gasteiger partial charge in [0, 0.05) is 0 Å². The lowest BCUT2D eigenvalue weighted by Gasteiger charge is -2.38. The Morgan fingerprint density at radius 2 is 1.11 bits per heavy atom. The predicted molar refractivity (Wildman–Crippen MR) is 160 cm³/mol. The van der Waals surface area contributed by atoms with Gasteiger partial charge in [-0.1, -0.05) is 101 Å². The summed E-state index contributed by atoms with van der Waals surface area (Å²) >= 11 is 0. The fourth-order valence-corrected chi connectivity index (χ4v) is 10.9. The van der Waals surface area contributed by atoms with Crippen molar-refractivity contribution in [2.45, 2.75) is 73.4 Å². The van der Waals surface area contributed by atoms with Gasteiger partial charge in [-0.2, -0.15) is 0 Å². The normalized spacial score (nSPS) is 14.7. The van der Waals surface area contributed by atoms with Crippen LogP contribution in [0.4, 0.5) is 0 Å². The Hall–Kier alpha value is -2.17. The van der Waals surface area contributed by atoms with Crippen LogP contribution in [0.3, 0.4) is 0 Å². The Morgan fingerprint density at radius 3 is 1.49 bits per heavy atom. The zero-order chi connectivity index (χ0) is 25.5. The van der Waals surface area contributed by atoms with Gasteiger partial charge in [-0.25, -0.2) is 0 Å². The molecule has 0 aliphatic heterocycles. The van der Waals surface area contributed by atoms with Crippen LogP contribution in [0.2, 0.25) is 0 Å². The van der Waals surface area contributed by atoms with Crippen molar-refractivity contribution in [3.63, 3.8) is 0 Å². The van der Waals surface area contributed by atoms with Crippen LogP contribution in [0.25, 0.3) is 0 Å². The second kappa shape index (κ2) is 12.2. The summed E-state index contributed by atoms with van der Waals surface area (Å²) in [5.41, 5.74) is 2.33. The van der Waals surface area contributed by atoms with Gasteiger partial charge in [0.1, 0.15) is 23.2 Å². The van der Waals surface area contributed by atoms with E-state index in [-0.39, 0.29) is 5.41 Å². The van der Waals surface area contributed by atoms with Crippen molar-refractivity contribution in [3.05, 3.63) is 103 Å². The highest BCUT2D eigenvalue weighted by atomic mass is 31.2. The van der Waals surface area contributed by atoms with Crippen molar-refractivity contribution in [1.29, 1.82) is 0 Å². The summed E-state index contributed by atoms with van der Waals surface area (Å²) in [5, 5.41) is 4.46. The molecule has 3 rings (SSSR count). The van der Waals surface area contributed by atoms with Crippen LogP contribution in [-0.2, 0) is 0 Å². The van der Waals surface area contributed by atoms with Gasteiger partial charge in [0.15, 0.2) is 0 Å². The number of hydrogen-bond donors (Lipinski definition) is 0. The van der Waals surface area contributed by atoms with Crippen LogP contribution in [-0.4, -0.2) is 5.66 Å². The van der Waals surface area contributed by atoms with Crippen molar-refractivity contribution in [2.24, 2.45) is 17.3 Å². The third-order valence-electron chi connectivity index (χ3n) is 7.53. The van der Waals surface area contributed by atoms with Gasteiger partial charge < -0.3 is 0 Å². The molecule has 0 saturated heterocycles. The molecule has 3 aromatic rings. The van der Waals surface area contributed by atoms with E-state index in [1.165, 1.54) is 34.3 Å². The minimum absolute atomic E-state index is 0.269. The molecule has 0 saturated carbocycles. The minimum atomic E-state index is -1.86. The SMILES string of the molecule is C/C(=C\CC(C)(C)CC(C)C(C)[P+](c1ccccc1)(c1ccccc1)c1ccccc1)CC(C)C. The van der Waals surface area contributed by atoms with Crippen molar-refractivity contribution >= 4 is 23.2 Å². The highest BCUT2D eigenvalue weighted by Gasteiger charge is 2.52. The lowest BCUT2D eigenvalue weighted by molar-refractivity contribution is 0.277. The molecule has 1 heteroatoms. The average molecular weight is 486 g/mol. The Morgan fingerprint density at radius 1 is 0.714 bits per heavy atom. The molecule has 0 radical (unpaired) electrons. The van der Waals surface area contributed by atoms with Gasteiger partial charge >= 0.3 is 0 Å². The van der Waals surface area contributed by atoms with Crippen LogP contribution < -0.4 is 15.9 Å². The lowest BCUT2D eigenvalue weighted by Crippen LogP contribution is -2.41. The molecule has 0 amide bonds. The molecular weight excluding hydrogens is 439 g/mol. The van der Waals surface area contributed by atoms with Crippen LogP contribution >= 0.6 is 7.26 Å². The first-order valence-electron chi connectivity index (χ1n) is 13.4. The monoisotopic (exact) mass is 485 g/mol. The van der Waals surface area contributed by atoms with Crippen LogP contribution in [0, 0.1) is 17.3 Å². The summed E-state index contributed by atoms with van der Waals surface area (Å²) in [6, 6.07) is 34.0. The van der Waals surface area contributed by atoms with E-state index >= 15 is 0 Å². The zero-order valence-corrected chi connectivity index (χ0v) is 23.9. The van der Waals surface area contributed by atoms with E-state index in [9.17, 15) is 0 Å². The van der Waals surface area contributed by atoms with Gasteiger partial charge in [0.05, 0.1) is 5.66 Å². The van der Waals surface area contributed by atoms with E-state index in [1.807, 2.05) is 0 Å². The Kier molecular flexibility index (Phi) is 9.54. The van der Waals surface area contributed by atoms with E-state index in [0.29, 0.717) is 11.6 Å². The third-order valence-corrected chi connectivity index (χ3v) is 12.6. The smallest absolute Gasteiger partial charge is 0.0851 e. The molecule has 0 bridgehead atoms. The van der Waals surface area contributed by atoms with Crippen molar-refractivity contribution in [3.8, 4) is 0 Å². The molecule has 0 fully saturated rings. The largest absolute Gasteiger partial charge is 0.115 e. The fraction of sp³-hybridized carbons (Fsp3) is 0.412. The Labute approximate surface area is 216 Å². The molecule has 186 valence electrons. The number of hydrogen-bond acceptors (Lipinski definition) is 0. The van der Waals surface area contributed by atoms with Crippen molar-refractivity contribution in [2.75, 3.05) is 0 Å². The molecule has 2 unspecified atom stereocenters. The molecule has 0 aliphatic carbocycles. The number of benzene rings is 3. The lowest BCUT2D eigenvalue weighted by atomic mass is 9.79. The molecule has 0 spiro atoms. The van der Waals surface area contributed by atoms with E-state index in [1.54, 1.807) is 0 Å². The molecule has 0 nitrogen and oxygen atoms in total.